The number of halogens is 3. The number of hydrogen-bond acceptors (Lipinski definition) is 5. The largest absolute Gasteiger partial charge is 0.416 e. The molecular formula is C20H25F3N4O2. The van der Waals surface area contributed by atoms with Crippen LogP contribution >= 0.6 is 0 Å². The number of piperazine rings is 1. The van der Waals surface area contributed by atoms with E-state index in [1.165, 1.54) is 6.07 Å². The van der Waals surface area contributed by atoms with Crippen molar-refractivity contribution in [1.82, 2.24) is 15.0 Å². The summed E-state index contributed by atoms with van der Waals surface area (Å²) < 4.78 is 43.9. The Bertz CT molecular complexity index is 827. The van der Waals surface area contributed by atoms with Gasteiger partial charge in [0.25, 0.3) is 0 Å². The number of amides is 1. The first-order valence-corrected chi connectivity index (χ1v) is 9.76. The van der Waals surface area contributed by atoms with Gasteiger partial charge in [0, 0.05) is 50.6 Å². The van der Waals surface area contributed by atoms with E-state index < -0.39 is 11.7 Å². The minimum Gasteiger partial charge on any atom is -0.368 e. The highest BCUT2D eigenvalue weighted by Crippen LogP contribution is 2.31. The van der Waals surface area contributed by atoms with Crippen LogP contribution in [0.25, 0.3) is 0 Å². The van der Waals surface area contributed by atoms with Crippen LogP contribution in [0, 0.1) is 0 Å². The Balaban J connectivity index is 1.46. The Labute approximate surface area is 167 Å². The summed E-state index contributed by atoms with van der Waals surface area (Å²) >= 11 is 0. The molecular weight excluding hydrogens is 385 g/mol. The summed E-state index contributed by atoms with van der Waals surface area (Å²) in [4.78, 5) is 20.4. The Morgan fingerprint density at radius 1 is 1.21 bits per heavy atom. The average Bonchev–Trinajstić information content (AvgIpc) is 3.17. The van der Waals surface area contributed by atoms with Crippen molar-refractivity contribution in [1.29, 1.82) is 0 Å². The van der Waals surface area contributed by atoms with Crippen molar-refractivity contribution >= 4 is 11.6 Å². The van der Waals surface area contributed by atoms with Gasteiger partial charge in [-0.1, -0.05) is 25.1 Å². The van der Waals surface area contributed by atoms with Gasteiger partial charge in [0.15, 0.2) is 5.82 Å². The van der Waals surface area contributed by atoms with E-state index in [1.54, 1.807) is 11.0 Å². The van der Waals surface area contributed by atoms with Crippen LogP contribution in [0.15, 0.2) is 28.8 Å². The number of hydrogen-bond donors (Lipinski definition) is 0. The van der Waals surface area contributed by atoms with Gasteiger partial charge < -0.3 is 14.3 Å². The Hall–Kier alpha value is -2.58. The third-order valence-electron chi connectivity index (χ3n) is 4.95. The van der Waals surface area contributed by atoms with Gasteiger partial charge in [-0.05, 0) is 24.6 Å². The standard InChI is InChI=1S/C20H25F3N4O2/c1-14(2)19-24-17(29-25-19)7-4-8-18(28)27-11-9-26(10-12-27)16-6-3-5-15(13-16)20(21,22)23/h3,5-6,13-14H,4,7-12H2,1-2H3. The summed E-state index contributed by atoms with van der Waals surface area (Å²) in [6.07, 6.45) is -2.81. The second-order valence-corrected chi connectivity index (χ2v) is 7.47. The van der Waals surface area contributed by atoms with E-state index in [4.69, 9.17) is 4.52 Å². The molecule has 0 saturated carbocycles. The third kappa shape index (κ3) is 5.48. The second kappa shape index (κ2) is 8.84. The second-order valence-electron chi connectivity index (χ2n) is 7.47. The van der Waals surface area contributed by atoms with Crippen LogP contribution in [-0.4, -0.2) is 47.1 Å². The van der Waals surface area contributed by atoms with Crippen LogP contribution in [-0.2, 0) is 17.4 Å². The predicted molar refractivity (Wildman–Crippen MR) is 102 cm³/mol. The van der Waals surface area contributed by atoms with E-state index in [-0.39, 0.29) is 11.8 Å². The molecule has 1 aromatic carbocycles. The van der Waals surface area contributed by atoms with Crippen molar-refractivity contribution < 1.29 is 22.5 Å². The monoisotopic (exact) mass is 410 g/mol. The maximum absolute atomic E-state index is 12.9. The van der Waals surface area contributed by atoms with Gasteiger partial charge in [0.2, 0.25) is 11.8 Å². The van der Waals surface area contributed by atoms with Crippen LogP contribution in [0.2, 0.25) is 0 Å². The molecule has 0 spiro atoms. The van der Waals surface area contributed by atoms with Gasteiger partial charge >= 0.3 is 6.18 Å². The van der Waals surface area contributed by atoms with E-state index in [2.05, 4.69) is 10.1 Å². The molecule has 1 aromatic heterocycles. The SMILES string of the molecule is CC(C)c1noc(CCCC(=O)N2CCN(c3cccc(C(F)(F)F)c3)CC2)n1. The first kappa shape index (κ1) is 21.1. The molecule has 0 radical (unpaired) electrons. The molecule has 2 heterocycles. The number of carbonyl (C=O) groups is 1. The van der Waals surface area contributed by atoms with Crippen LogP contribution in [0.5, 0.6) is 0 Å². The molecule has 0 atom stereocenters. The summed E-state index contributed by atoms with van der Waals surface area (Å²) in [6, 6.07) is 5.31. The zero-order chi connectivity index (χ0) is 21.0. The summed E-state index contributed by atoms with van der Waals surface area (Å²) in [5.41, 5.74) is -0.126. The number of benzene rings is 1. The van der Waals surface area contributed by atoms with Crippen LogP contribution in [0.3, 0.4) is 0 Å². The molecule has 1 aliphatic heterocycles. The van der Waals surface area contributed by atoms with Crippen molar-refractivity contribution in [3.8, 4) is 0 Å². The van der Waals surface area contributed by atoms with Gasteiger partial charge in [-0.2, -0.15) is 18.2 Å². The predicted octanol–water partition coefficient (Wildman–Crippen LogP) is 3.88. The number of rotatable bonds is 6. The lowest BCUT2D eigenvalue weighted by molar-refractivity contribution is -0.137. The van der Waals surface area contributed by atoms with Crippen molar-refractivity contribution in [3.63, 3.8) is 0 Å². The number of aromatic nitrogens is 2. The number of carbonyl (C=O) groups excluding carboxylic acids is 1. The molecule has 0 N–H and O–H groups in total. The molecule has 0 unspecified atom stereocenters. The highest BCUT2D eigenvalue weighted by Gasteiger charge is 2.31. The number of aryl methyl sites for hydroxylation is 1. The van der Waals surface area contributed by atoms with E-state index in [9.17, 15) is 18.0 Å². The zero-order valence-corrected chi connectivity index (χ0v) is 16.6. The maximum atomic E-state index is 12.9. The maximum Gasteiger partial charge on any atom is 0.416 e. The fourth-order valence-corrected chi connectivity index (χ4v) is 3.25. The molecule has 6 nitrogen and oxygen atoms in total. The molecule has 1 saturated heterocycles. The smallest absolute Gasteiger partial charge is 0.368 e. The Kier molecular flexibility index (Phi) is 6.44. The molecule has 1 fully saturated rings. The fraction of sp³-hybridized carbons (Fsp3) is 0.550. The van der Waals surface area contributed by atoms with Gasteiger partial charge in [-0.3, -0.25) is 4.79 Å². The summed E-state index contributed by atoms with van der Waals surface area (Å²) in [5, 5.41) is 3.90. The molecule has 0 aliphatic carbocycles. The molecule has 1 aliphatic rings. The molecule has 29 heavy (non-hydrogen) atoms. The van der Waals surface area contributed by atoms with Crippen LogP contribution in [0.4, 0.5) is 18.9 Å². The molecule has 9 heteroatoms. The van der Waals surface area contributed by atoms with E-state index in [0.29, 0.717) is 62.8 Å². The quantitative estimate of drug-likeness (QED) is 0.723. The number of nitrogens with zero attached hydrogens (tertiary/aromatic N) is 4. The minimum absolute atomic E-state index is 0.0392. The van der Waals surface area contributed by atoms with Crippen LogP contribution < -0.4 is 4.90 Å². The van der Waals surface area contributed by atoms with E-state index in [1.807, 2.05) is 18.7 Å². The lowest BCUT2D eigenvalue weighted by Crippen LogP contribution is -2.48. The summed E-state index contributed by atoms with van der Waals surface area (Å²) in [6.45, 7) is 5.97. The normalized spacial score (nSPS) is 15.2. The van der Waals surface area contributed by atoms with Crippen molar-refractivity contribution in [2.45, 2.75) is 45.2 Å². The minimum atomic E-state index is -4.36. The first-order valence-electron chi connectivity index (χ1n) is 9.76. The molecule has 0 bridgehead atoms. The summed E-state index contributed by atoms with van der Waals surface area (Å²) in [5.74, 6) is 1.44. The molecule has 3 rings (SSSR count). The molecule has 158 valence electrons. The average molecular weight is 410 g/mol. The van der Waals surface area contributed by atoms with Crippen molar-refractivity contribution in [3.05, 3.63) is 41.5 Å². The zero-order valence-electron chi connectivity index (χ0n) is 16.6. The highest BCUT2D eigenvalue weighted by molar-refractivity contribution is 5.76. The van der Waals surface area contributed by atoms with Gasteiger partial charge in [-0.25, -0.2) is 0 Å². The topological polar surface area (TPSA) is 62.5 Å². The van der Waals surface area contributed by atoms with Gasteiger partial charge in [0.1, 0.15) is 0 Å². The van der Waals surface area contributed by atoms with Crippen LogP contribution in [0.1, 0.15) is 49.9 Å². The van der Waals surface area contributed by atoms with Gasteiger partial charge in [-0.15, -0.1) is 0 Å². The van der Waals surface area contributed by atoms with Crippen molar-refractivity contribution in [2.75, 3.05) is 31.1 Å². The third-order valence-corrected chi connectivity index (χ3v) is 4.95. The summed E-state index contributed by atoms with van der Waals surface area (Å²) in [7, 11) is 0. The Morgan fingerprint density at radius 3 is 2.55 bits per heavy atom. The Morgan fingerprint density at radius 2 is 1.93 bits per heavy atom. The number of anilines is 1. The molecule has 1 amide bonds. The lowest BCUT2D eigenvalue weighted by atomic mass is 10.1. The fourth-order valence-electron chi connectivity index (χ4n) is 3.25. The number of alkyl halides is 3. The van der Waals surface area contributed by atoms with E-state index in [0.717, 1.165) is 12.1 Å². The van der Waals surface area contributed by atoms with Crippen molar-refractivity contribution in [2.24, 2.45) is 0 Å². The molecule has 2 aromatic rings. The van der Waals surface area contributed by atoms with E-state index >= 15 is 0 Å². The highest BCUT2D eigenvalue weighted by atomic mass is 19.4. The van der Waals surface area contributed by atoms with Gasteiger partial charge in [0.05, 0.1) is 5.56 Å². The lowest BCUT2D eigenvalue weighted by Gasteiger charge is -2.36. The first-order chi connectivity index (χ1) is 13.7.